The van der Waals surface area contributed by atoms with Crippen LogP contribution in [0.15, 0.2) is 48.5 Å². The molecule has 3 saturated heterocycles. The number of carbonyl (C=O) groups is 3. The van der Waals surface area contributed by atoms with Gasteiger partial charge in [0.15, 0.2) is 0 Å². The number of hydrogen-bond donors (Lipinski definition) is 3. The highest BCUT2D eigenvalue weighted by molar-refractivity contribution is 8.02. The first-order valence-electron chi connectivity index (χ1n) is 13.1. The average Bonchev–Trinajstić information content (AvgIpc) is 3.47. The molecule has 196 valence electrons. The summed E-state index contributed by atoms with van der Waals surface area (Å²) >= 11 is 1.67. The third-order valence-corrected chi connectivity index (χ3v) is 10.5. The molecule has 5 rings (SSSR count). The second kappa shape index (κ2) is 10.1. The van der Waals surface area contributed by atoms with Gasteiger partial charge in [0.05, 0.1) is 16.6 Å². The van der Waals surface area contributed by atoms with Crippen molar-refractivity contribution in [1.29, 1.82) is 0 Å². The molecule has 2 aromatic carbocycles. The van der Waals surface area contributed by atoms with Gasteiger partial charge in [0.2, 0.25) is 17.7 Å². The van der Waals surface area contributed by atoms with Crippen LogP contribution in [0, 0.1) is 31.6 Å². The second-order valence-electron chi connectivity index (χ2n) is 10.6. The molecule has 3 aliphatic heterocycles. The van der Waals surface area contributed by atoms with Crippen LogP contribution < -0.4 is 10.6 Å². The summed E-state index contributed by atoms with van der Waals surface area (Å²) in [6.45, 7) is 6.65. The van der Waals surface area contributed by atoms with Gasteiger partial charge in [-0.15, -0.1) is 11.8 Å². The number of benzene rings is 2. The van der Waals surface area contributed by atoms with Gasteiger partial charge in [0.25, 0.3) is 0 Å². The lowest BCUT2D eigenvalue weighted by Gasteiger charge is -2.38. The highest BCUT2D eigenvalue weighted by Crippen LogP contribution is 2.68. The average molecular weight is 522 g/mol. The van der Waals surface area contributed by atoms with E-state index in [4.69, 9.17) is 0 Å². The van der Waals surface area contributed by atoms with Crippen molar-refractivity contribution in [3.8, 4) is 0 Å². The van der Waals surface area contributed by atoms with E-state index in [-0.39, 0.29) is 42.0 Å². The summed E-state index contributed by atoms with van der Waals surface area (Å²) in [6.07, 6.45) is 1.17. The number of likely N-dealkylation sites (tertiary alicyclic amines) is 1. The summed E-state index contributed by atoms with van der Waals surface area (Å²) in [5, 5.41) is 15.7. The number of aryl methyl sites for hydroxylation is 2. The summed E-state index contributed by atoms with van der Waals surface area (Å²) in [7, 11) is 0. The Morgan fingerprint density at radius 3 is 2.46 bits per heavy atom. The fourth-order valence-electron chi connectivity index (χ4n) is 6.71. The van der Waals surface area contributed by atoms with Crippen molar-refractivity contribution in [2.24, 2.45) is 17.8 Å². The van der Waals surface area contributed by atoms with Gasteiger partial charge in [-0.1, -0.05) is 55.5 Å². The van der Waals surface area contributed by atoms with Crippen LogP contribution >= 0.6 is 11.8 Å². The molecular weight excluding hydrogens is 486 g/mol. The molecule has 37 heavy (non-hydrogen) atoms. The molecule has 3 unspecified atom stereocenters. The Labute approximate surface area is 222 Å². The van der Waals surface area contributed by atoms with Crippen molar-refractivity contribution in [1.82, 2.24) is 10.2 Å². The van der Waals surface area contributed by atoms with Crippen molar-refractivity contribution in [2.45, 2.75) is 56.2 Å². The largest absolute Gasteiger partial charge is 0.396 e. The van der Waals surface area contributed by atoms with E-state index >= 15 is 0 Å². The van der Waals surface area contributed by atoms with Crippen molar-refractivity contribution in [3.63, 3.8) is 0 Å². The molecule has 2 aromatic rings. The van der Waals surface area contributed by atoms with Gasteiger partial charge in [0, 0.05) is 30.6 Å². The fraction of sp³-hybridized carbons (Fsp3) is 0.483. The molecular formula is C29H35N3O4S. The lowest BCUT2D eigenvalue weighted by Crippen LogP contribution is -2.55. The van der Waals surface area contributed by atoms with E-state index in [1.807, 2.05) is 62.4 Å². The first-order valence-corrected chi connectivity index (χ1v) is 14.0. The van der Waals surface area contributed by atoms with Gasteiger partial charge in [-0.25, -0.2) is 0 Å². The van der Waals surface area contributed by atoms with Gasteiger partial charge in [-0.05, 0) is 49.3 Å². The maximum absolute atomic E-state index is 14.0. The number of rotatable bonds is 8. The Balaban J connectivity index is 1.46. The van der Waals surface area contributed by atoms with Crippen LogP contribution in [0.3, 0.4) is 0 Å². The molecule has 6 atom stereocenters. The molecule has 0 radical (unpaired) electrons. The molecule has 7 nitrogen and oxygen atoms in total. The number of anilines is 1. The van der Waals surface area contributed by atoms with E-state index in [2.05, 4.69) is 17.6 Å². The van der Waals surface area contributed by atoms with E-state index in [1.54, 1.807) is 16.7 Å². The van der Waals surface area contributed by atoms with Gasteiger partial charge in [-0.2, -0.15) is 0 Å². The van der Waals surface area contributed by atoms with E-state index in [1.165, 1.54) is 0 Å². The normalized spacial score (nSPS) is 29.9. The van der Waals surface area contributed by atoms with Crippen LogP contribution in [0.25, 0.3) is 0 Å². The third-order valence-electron chi connectivity index (χ3n) is 8.39. The number of para-hydroxylation sites is 1. The van der Waals surface area contributed by atoms with E-state index in [0.29, 0.717) is 13.0 Å². The highest BCUT2D eigenvalue weighted by Gasteiger charge is 2.75. The number of hydrogen-bond acceptors (Lipinski definition) is 5. The van der Waals surface area contributed by atoms with E-state index in [0.717, 1.165) is 28.8 Å². The third kappa shape index (κ3) is 4.24. The molecule has 3 amide bonds. The minimum absolute atomic E-state index is 0.00443. The van der Waals surface area contributed by atoms with Gasteiger partial charge in [0.1, 0.15) is 6.04 Å². The lowest BCUT2D eigenvalue weighted by molar-refractivity contribution is -0.139. The van der Waals surface area contributed by atoms with Crippen LogP contribution in [0.2, 0.25) is 0 Å². The molecule has 3 N–H and O–H groups in total. The molecule has 0 aliphatic carbocycles. The van der Waals surface area contributed by atoms with Crippen LogP contribution in [0.1, 0.15) is 36.5 Å². The number of aliphatic hydroxyl groups is 1. The lowest BCUT2D eigenvalue weighted by atomic mass is 9.66. The fourth-order valence-corrected chi connectivity index (χ4v) is 9.13. The van der Waals surface area contributed by atoms with Crippen LogP contribution in [-0.2, 0) is 20.9 Å². The van der Waals surface area contributed by atoms with E-state index < -0.39 is 22.6 Å². The number of amides is 3. The van der Waals surface area contributed by atoms with Crippen molar-refractivity contribution >= 4 is 35.2 Å². The number of aliphatic hydroxyl groups excluding tert-OH is 1. The zero-order valence-electron chi connectivity index (χ0n) is 21.6. The number of nitrogens with one attached hydrogen (secondary N) is 2. The first kappa shape index (κ1) is 25.8. The molecule has 0 saturated carbocycles. The van der Waals surface area contributed by atoms with E-state index in [9.17, 15) is 19.5 Å². The van der Waals surface area contributed by atoms with Gasteiger partial charge in [-0.3, -0.25) is 14.4 Å². The molecule has 3 heterocycles. The summed E-state index contributed by atoms with van der Waals surface area (Å²) in [6, 6.07) is 14.9. The molecule has 8 heteroatoms. The SMILES string of the molecule is Cc1cccc(C)c1NC(=O)C1N(CCCO)C(=O)[C@@H]2[C@@H](C(=O)NCc3ccccc3)[C@H]3CC(C)C12S3. The zero-order chi connectivity index (χ0) is 26.3. The quantitative estimate of drug-likeness (QED) is 0.495. The Kier molecular flexibility index (Phi) is 7.07. The predicted molar refractivity (Wildman–Crippen MR) is 145 cm³/mol. The highest BCUT2D eigenvalue weighted by atomic mass is 32.2. The minimum atomic E-state index is -0.701. The maximum atomic E-state index is 14.0. The van der Waals surface area contributed by atoms with Crippen molar-refractivity contribution in [2.75, 3.05) is 18.5 Å². The smallest absolute Gasteiger partial charge is 0.248 e. The molecule has 1 spiro atoms. The monoisotopic (exact) mass is 521 g/mol. The van der Waals surface area contributed by atoms with Crippen LogP contribution in [0.5, 0.6) is 0 Å². The summed E-state index contributed by atoms with van der Waals surface area (Å²) < 4.78 is -0.674. The van der Waals surface area contributed by atoms with Crippen LogP contribution in [0.4, 0.5) is 5.69 Å². The minimum Gasteiger partial charge on any atom is -0.396 e. The number of thioether (sulfide) groups is 1. The summed E-state index contributed by atoms with van der Waals surface area (Å²) in [5.41, 5.74) is 3.69. The standard InChI is InChI=1S/C29H35N3O4S/c1-17-9-7-10-18(2)24(17)31-27(35)25-29-19(3)15-21(37-29)22(23(29)28(36)32(25)13-8-14-33)26(34)30-16-20-11-5-4-6-12-20/h4-7,9-12,19,21-23,25,33H,8,13-16H2,1-3H3,(H,30,34)(H,31,35)/t19?,21-,22+,23+,25?,29?/m1/s1. The number of carbonyl (C=O) groups excluding carboxylic acids is 3. The molecule has 0 aromatic heterocycles. The molecule has 2 bridgehead atoms. The Morgan fingerprint density at radius 1 is 1.08 bits per heavy atom. The first-order chi connectivity index (χ1) is 17.8. The Hall–Kier alpha value is -2.84. The summed E-state index contributed by atoms with van der Waals surface area (Å²) in [4.78, 5) is 43.2. The molecule has 3 fully saturated rings. The zero-order valence-corrected chi connectivity index (χ0v) is 22.4. The summed E-state index contributed by atoms with van der Waals surface area (Å²) in [5.74, 6) is -1.41. The Bertz CT molecular complexity index is 1180. The Morgan fingerprint density at radius 2 is 1.78 bits per heavy atom. The maximum Gasteiger partial charge on any atom is 0.248 e. The van der Waals surface area contributed by atoms with Gasteiger partial charge >= 0.3 is 0 Å². The molecule has 3 aliphatic rings. The number of nitrogens with zero attached hydrogens (tertiary/aromatic N) is 1. The second-order valence-corrected chi connectivity index (χ2v) is 12.2. The van der Waals surface area contributed by atoms with Crippen molar-refractivity contribution < 1.29 is 19.5 Å². The van der Waals surface area contributed by atoms with Crippen molar-refractivity contribution in [3.05, 3.63) is 65.2 Å². The van der Waals surface area contributed by atoms with Crippen LogP contribution in [-0.4, -0.2) is 56.9 Å². The van der Waals surface area contributed by atoms with Gasteiger partial charge < -0.3 is 20.6 Å². The predicted octanol–water partition coefficient (Wildman–Crippen LogP) is 3.28. The number of fused-ring (bicyclic) bond motifs is 1. The topological polar surface area (TPSA) is 98.7 Å².